The molecular formula is C10H12ClNO2. The highest BCUT2D eigenvalue weighted by Gasteiger charge is 2.29. The zero-order chi connectivity index (χ0) is 10.8. The SMILES string of the molecule is COC(C)(C)C(=O)c1cc(Cl)ccn1. The molecule has 0 aliphatic heterocycles. The van der Waals surface area contributed by atoms with Gasteiger partial charge < -0.3 is 4.74 Å². The molecule has 1 heterocycles. The van der Waals surface area contributed by atoms with Gasteiger partial charge in [-0.1, -0.05) is 11.6 Å². The first kappa shape index (κ1) is 11.1. The molecule has 0 aliphatic carbocycles. The lowest BCUT2D eigenvalue weighted by Crippen LogP contribution is -2.34. The van der Waals surface area contributed by atoms with Gasteiger partial charge in [0.1, 0.15) is 11.3 Å². The number of aromatic nitrogens is 1. The Morgan fingerprint density at radius 2 is 2.21 bits per heavy atom. The fraction of sp³-hybridized carbons (Fsp3) is 0.400. The lowest BCUT2D eigenvalue weighted by atomic mass is 10.0. The maximum absolute atomic E-state index is 11.8. The van der Waals surface area contributed by atoms with Crippen LogP contribution in [0.2, 0.25) is 5.02 Å². The van der Waals surface area contributed by atoms with Crippen LogP contribution in [-0.2, 0) is 4.74 Å². The Morgan fingerprint density at radius 3 is 2.71 bits per heavy atom. The molecule has 0 N–H and O–H groups in total. The first-order chi connectivity index (χ1) is 6.47. The van der Waals surface area contributed by atoms with Crippen LogP contribution >= 0.6 is 11.6 Å². The van der Waals surface area contributed by atoms with Crippen molar-refractivity contribution in [2.45, 2.75) is 19.4 Å². The van der Waals surface area contributed by atoms with Crippen molar-refractivity contribution in [2.75, 3.05) is 7.11 Å². The highest BCUT2D eigenvalue weighted by molar-refractivity contribution is 6.30. The van der Waals surface area contributed by atoms with Gasteiger partial charge >= 0.3 is 0 Å². The van der Waals surface area contributed by atoms with Gasteiger partial charge in [-0.25, -0.2) is 0 Å². The summed E-state index contributed by atoms with van der Waals surface area (Å²) in [5.74, 6) is -0.178. The van der Waals surface area contributed by atoms with E-state index in [1.165, 1.54) is 19.4 Å². The third kappa shape index (κ3) is 2.30. The average Bonchev–Trinajstić information content (AvgIpc) is 2.16. The second-order valence-corrected chi connectivity index (χ2v) is 3.84. The van der Waals surface area contributed by atoms with Crippen molar-refractivity contribution in [1.82, 2.24) is 4.98 Å². The normalized spacial score (nSPS) is 11.4. The molecule has 0 saturated heterocycles. The quantitative estimate of drug-likeness (QED) is 0.724. The van der Waals surface area contributed by atoms with Crippen LogP contribution in [0.1, 0.15) is 24.3 Å². The van der Waals surface area contributed by atoms with Crippen LogP contribution in [-0.4, -0.2) is 23.5 Å². The van der Waals surface area contributed by atoms with E-state index in [-0.39, 0.29) is 5.78 Å². The Balaban J connectivity index is 3.01. The molecule has 0 aromatic carbocycles. The predicted octanol–water partition coefficient (Wildman–Crippen LogP) is 2.34. The first-order valence-electron chi connectivity index (χ1n) is 4.19. The Morgan fingerprint density at radius 1 is 1.57 bits per heavy atom. The second kappa shape index (κ2) is 4.07. The molecule has 0 fully saturated rings. The number of rotatable bonds is 3. The molecule has 1 aromatic heterocycles. The summed E-state index contributed by atoms with van der Waals surface area (Å²) in [7, 11) is 1.49. The Kier molecular flexibility index (Phi) is 3.24. The van der Waals surface area contributed by atoms with Gasteiger partial charge in [0, 0.05) is 18.3 Å². The van der Waals surface area contributed by atoms with Crippen molar-refractivity contribution < 1.29 is 9.53 Å². The van der Waals surface area contributed by atoms with E-state index < -0.39 is 5.60 Å². The van der Waals surface area contributed by atoms with Crippen molar-refractivity contribution in [1.29, 1.82) is 0 Å². The summed E-state index contributed by atoms with van der Waals surface area (Å²) in [5, 5.41) is 0.496. The maximum Gasteiger partial charge on any atom is 0.212 e. The van der Waals surface area contributed by atoms with Gasteiger partial charge in [0.15, 0.2) is 0 Å². The van der Waals surface area contributed by atoms with E-state index in [9.17, 15) is 4.79 Å². The van der Waals surface area contributed by atoms with Crippen molar-refractivity contribution >= 4 is 17.4 Å². The van der Waals surface area contributed by atoms with Crippen LogP contribution in [0.4, 0.5) is 0 Å². The predicted molar refractivity (Wildman–Crippen MR) is 54.7 cm³/mol. The molecule has 3 nitrogen and oxygen atoms in total. The van der Waals surface area contributed by atoms with Gasteiger partial charge in [0.2, 0.25) is 5.78 Å². The van der Waals surface area contributed by atoms with Crippen LogP contribution in [0.25, 0.3) is 0 Å². The number of ketones is 1. The van der Waals surface area contributed by atoms with Crippen LogP contribution in [0.15, 0.2) is 18.3 Å². The molecule has 0 aliphatic rings. The summed E-state index contributed by atoms with van der Waals surface area (Å²) < 4.78 is 5.06. The summed E-state index contributed by atoms with van der Waals surface area (Å²) in [6, 6.07) is 3.16. The third-order valence-electron chi connectivity index (χ3n) is 2.01. The van der Waals surface area contributed by atoms with E-state index in [0.29, 0.717) is 10.7 Å². The molecule has 1 rings (SSSR count). The molecule has 1 aromatic rings. The molecule has 0 amide bonds. The topological polar surface area (TPSA) is 39.2 Å². The smallest absolute Gasteiger partial charge is 0.212 e. The van der Waals surface area contributed by atoms with Crippen molar-refractivity contribution in [2.24, 2.45) is 0 Å². The molecule has 4 heteroatoms. The lowest BCUT2D eigenvalue weighted by molar-refractivity contribution is 0.0223. The van der Waals surface area contributed by atoms with E-state index in [2.05, 4.69) is 4.98 Å². The van der Waals surface area contributed by atoms with Gasteiger partial charge in [-0.15, -0.1) is 0 Å². The monoisotopic (exact) mass is 213 g/mol. The van der Waals surface area contributed by atoms with Gasteiger partial charge in [0.25, 0.3) is 0 Å². The standard InChI is InChI=1S/C10H12ClNO2/c1-10(2,14-3)9(13)8-6-7(11)4-5-12-8/h4-6H,1-3H3. The number of nitrogens with zero attached hydrogens (tertiary/aromatic N) is 1. The highest BCUT2D eigenvalue weighted by Crippen LogP contribution is 2.17. The van der Waals surface area contributed by atoms with Gasteiger partial charge in [-0.05, 0) is 26.0 Å². The fourth-order valence-electron chi connectivity index (χ4n) is 0.930. The summed E-state index contributed by atoms with van der Waals surface area (Å²) >= 11 is 5.75. The average molecular weight is 214 g/mol. The largest absolute Gasteiger partial charge is 0.371 e. The van der Waals surface area contributed by atoms with Gasteiger partial charge in [0.05, 0.1) is 0 Å². The minimum atomic E-state index is -0.863. The zero-order valence-corrected chi connectivity index (χ0v) is 9.13. The van der Waals surface area contributed by atoms with E-state index in [0.717, 1.165) is 0 Å². The van der Waals surface area contributed by atoms with Crippen molar-refractivity contribution in [3.05, 3.63) is 29.0 Å². The minimum absolute atomic E-state index is 0.178. The van der Waals surface area contributed by atoms with Crippen molar-refractivity contribution in [3.8, 4) is 0 Å². The second-order valence-electron chi connectivity index (χ2n) is 3.40. The van der Waals surface area contributed by atoms with Gasteiger partial charge in [-0.3, -0.25) is 9.78 Å². The van der Waals surface area contributed by atoms with Crippen LogP contribution in [0, 0.1) is 0 Å². The molecule has 14 heavy (non-hydrogen) atoms. The Bertz CT molecular complexity index is 350. The number of ether oxygens (including phenoxy) is 1. The zero-order valence-electron chi connectivity index (χ0n) is 8.37. The highest BCUT2D eigenvalue weighted by atomic mass is 35.5. The number of carbonyl (C=O) groups is 1. The lowest BCUT2D eigenvalue weighted by Gasteiger charge is -2.20. The Hall–Kier alpha value is -0.930. The summed E-state index contributed by atoms with van der Waals surface area (Å²) in [6.45, 7) is 3.38. The molecule has 76 valence electrons. The molecule has 0 saturated carbocycles. The number of pyridine rings is 1. The molecule has 0 unspecified atom stereocenters. The van der Waals surface area contributed by atoms with E-state index in [4.69, 9.17) is 16.3 Å². The van der Waals surface area contributed by atoms with Crippen LogP contribution < -0.4 is 0 Å². The van der Waals surface area contributed by atoms with Crippen LogP contribution in [0.3, 0.4) is 0 Å². The molecule has 0 bridgehead atoms. The summed E-state index contributed by atoms with van der Waals surface area (Å²) in [5.41, 5.74) is -0.540. The van der Waals surface area contributed by atoms with E-state index >= 15 is 0 Å². The molecular weight excluding hydrogens is 202 g/mol. The van der Waals surface area contributed by atoms with E-state index in [1.807, 2.05) is 0 Å². The van der Waals surface area contributed by atoms with Crippen LogP contribution in [0.5, 0.6) is 0 Å². The van der Waals surface area contributed by atoms with Gasteiger partial charge in [-0.2, -0.15) is 0 Å². The third-order valence-corrected chi connectivity index (χ3v) is 2.25. The summed E-state index contributed by atoms with van der Waals surface area (Å²) in [4.78, 5) is 15.7. The van der Waals surface area contributed by atoms with E-state index in [1.54, 1.807) is 19.9 Å². The number of Topliss-reactive ketones (excluding diaryl/α,β-unsaturated/α-hetero) is 1. The Labute approximate surface area is 88.1 Å². The maximum atomic E-state index is 11.8. The summed E-state index contributed by atoms with van der Waals surface area (Å²) in [6.07, 6.45) is 1.50. The number of hydrogen-bond donors (Lipinski definition) is 0. The molecule has 0 spiro atoms. The number of methoxy groups -OCH3 is 1. The number of carbonyl (C=O) groups excluding carboxylic acids is 1. The minimum Gasteiger partial charge on any atom is -0.371 e. The number of halogens is 1. The molecule has 0 radical (unpaired) electrons. The van der Waals surface area contributed by atoms with Crippen molar-refractivity contribution in [3.63, 3.8) is 0 Å². The fourth-order valence-corrected chi connectivity index (χ4v) is 1.09. The number of hydrogen-bond acceptors (Lipinski definition) is 3. The molecule has 0 atom stereocenters. The first-order valence-corrected chi connectivity index (χ1v) is 4.56.